The number of Topliss-reactive ketones (excluding diaryl/α,β-unsaturated/α-hetero) is 1. The van der Waals surface area contributed by atoms with Crippen LogP contribution in [0, 0.1) is 0 Å². The van der Waals surface area contributed by atoms with Gasteiger partial charge in [0, 0.05) is 13.0 Å². The zero-order valence-electron chi connectivity index (χ0n) is 10.7. The molecule has 0 saturated carbocycles. The molecule has 0 aromatic carbocycles. The molecule has 1 aliphatic heterocycles. The normalized spacial score (nSPS) is 17.8. The predicted octanol–water partition coefficient (Wildman–Crippen LogP) is 2.71. The van der Waals surface area contributed by atoms with E-state index in [9.17, 15) is 4.79 Å². The number of rotatable bonds is 5. The number of oxime groups is 1. The van der Waals surface area contributed by atoms with Gasteiger partial charge in [-0.05, 0) is 28.9 Å². The minimum absolute atomic E-state index is 0.0855. The fourth-order valence-corrected chi connectivity index (χ4v) is 2.27. The highest BCUT2D eigenvalue weighted by molar-refractivity contribution is 9.18. The van der Waals surface area contributed by atoms with Crippen molar-refractivity contribution in [2.24, 2.45) is 5.16 Å². The van der Waals surface area contributed by atoms with Gasteiger partial charge in [0.25, 0.3) is 0 Å². The Hall–Kier alpha value is -1.18. The van der Waals surface area contributed by atoms with E-state index in [-0.39, 0.29) is 34.9 Å². The fourth-order valence-electron chi connectivity index (χ4n) is 1.69. The van der Waals surface area contributed by atoms with E-state index in [1.165, 1.54) is 0 Å². The molecule has 0 saturated heterocycles. The lowest BCUT2D eigenvalue weighted by molar-refractivity contribution is 0.0764. The van der Waals surface area contributed by atoms with Crippen LogP contribution < -0.4 is 5.73 Å². The van der Waals surface area contributed by atoms with Gasteiger partial charge >= 0.3 is 0 Å². The molecule has 0 radical (unpaired) electrons. The third kappa shape index (κ3) is 3.28. The zero-order valence-corrected chi connectivity index (χ0v) is 13.1. The molecule has 20 heavy (non-hydrogen) atoms. The number of pyridine rings is 1. The second kappa shape index (κ2) is 6.51. The minimum Gasteiger partial charge on any atom is -0.397 e. The largest absolute Gasteiger partial charge is 0.397 e. The Bertz CT molecular complexity index is 565. The van der Waals surface area contributed by atoms with E-state index in [1.54, 1.807) is 13.0 Å². The summed E-state index contributed by atoms with van der Waals surface area (Å²) in [5.74, 6) is -0.316. The Balaban J connectivity index is 2.28. The third-order valence-electron chi connectivity index (χ3n) is 2.67. The minimum atomic E-state index is -0.373. The van der Waals surface area contributed by atoms with Crippen LogP contribution in [0.3, 0.4) is 0 Å². The molecule has 1 aliphatic rings. The summed E-state index contributed by atoms with van der Waals surface area (Å²) in [5.41, 5.74) is 6.72. The lowest BCUT2D eigenvalue weighted by Crippen LogP contribution is -2.15. The molecule has 1 aromatic heterocycles. The lowest BCUT2D eigenvalue weighted by Gasteiger charge is -2.12. The van der Waals surface area contributed by atoms with Gasteiger partial charge in [0.2, 0.25) is 5.78 Å². The van der Waals surface area contributed by atoms with Crippen molar-refractivity contribution < 1.29 is 14.4 Å². The summed E-state index contributed by atoms with van der Waals surface area (Å²) < 4.78 is 5.76. The Labute approximate surface area is 129 Å². The fraction of sp³-hybridized carbons (Fsp3) is 0.417. The van der Waals surface area contributed by atoms with E-state index in [2.05, 4.69) is 26.1 Å². The van der Waals surface area contributed by atoms with Gasteiger partial charge in [-0.2, -0.15) is 0 Å². The summed E-state index contributed by atoms with van der Waals surface area (Å²) in [6, 6.07) is 1.59. The van der Waals surface area contributed by atoms with Crippen molar-refractivity contribution in [1.82, 2.24) is 4.98 Å². The topological polar surface area (TPSA) is 86.8 Å². The summed E-state index contributed by atoms with van der Waals surface area (Å²) in [6.07, 6.45) is 0.162. The molecular formula is C12H13BrClN3O3. The van der Waals surface area contributed by atoms with E-state index in [0.717, 1.165) is 0 Å². The second-order valence-electron chi connectivity index (χ2n) is 4.12. The molecule has 0 amide bonds. The number of nitrogens with zero attached hydrogens (tertiary/aromatic N) is 2. The van der Waals surface area contributed by atoms with Crippen LogP contribution in [0.4, 0.5) is 5.69 Å². The SMILES string of the molecule is CCOCC(=O)c1nc(C2CC(Br)=NO2)cc(N)c1Cl. The highest BCUT2D eigenvalue weighted by atomic mass is 79.9. The van der Waals surface area contributed by atoms with Gasteiger partial charge in [-0.3, -0.25) is 4.79 Å². The Morgan fingerprint density at radius 3 is 3.05 bits per heavy atom. The van der Waals surface area contributed by atoms with Crippen LogP contribution in [-0.4, -0.2) is 28.6 Å². The Morgan fingerprint density at radius 1 is 1.70 bits per heavy atom. The quantitative estimate of drug-likeness (QED) is 0.814. The lowest BCUT2D eigenvalue weighted by atomic mass is 10.1. The van der Waals surface area contributed by atoms with Crippen LogP contribution in [0.25, 0.3) is 0 Å². The maximum Gasteiger partial charge on any atom is 0.208 e. The van der Waals surface area contributed by atoms with Crippen molar-refractivity contribution in [2.45, 2.75) is 19.4 Å². The number of nitrogens with two attached hydrogens (primary N) is 1. The Morgan fingerprint density at radius 2 is 2.45 bits per heavy atom. The molecule has 2 N–H and O–H groups in total. The second-order valence-corrected chi connectivity index (χ2v) is 5.42. The van der Waals surface area contributed by atoms with Crippen molar-refractivity contribution in [3.63, 3.8) is 0 Å². The van der Waals surface area contributed by atoms with E-state index in [0.29, 0.717) is 23.3 Å². The van der Waals surface area contributed by atoms with Crippen molar-refractivity contribution >= 4 is 43.6 Å². The number of ether oxygens (including phenoxy) is 1. The van der Waals surface area contributed by atoms with Gasteiger partial charge in [0.15, 0.2) is 6.10 Å². The first-order valence-corrected chi connectivity index (χ1v) is 7.15. The number of aromatic nitrogens is 1. The van der Waals surface area contributed by atoms with Crippen molar-refractivity contribution in [2.75, 3.05) is 18.9 Å². The molecule has 0 bridgehead atoms. The highest BCUT2D eigenvalue weighted by Crippen LogP contribution is 2.32. The molecular weight excluding hydrogens is 350 g/mol. The average Bonchev–Trinajstić information content (AvgIpc) is 2.85. The molecule has 108 valence electrons. The van der Waals surface area contributed by atoms with Crippen molar-refractivity contribution in [3.05, 3.63) is 22.5 Å². The first-order chi connectivity index (χ1) is 9.52. The molecule has 0 fully saturated rings. The summed E-state index contributed by atoms with van der Waals surface area (Å²) >= 11 is 9.28. The molecule has 0 aliphatic carbocycles. The highest BCUT2D eigenvalue weighted by Gasteiger charge is 2.26. The van der Waals surface area contributed by atoms with Gasteiger partial charge < -0.3 is 15.3 Å². The molecule has 0 spiro atoms. The molecule has 8 heteroatoms. The first kappa shape index (κ1) is 15.2. The number of hydrogen-bond donors (Lipinski definition) is 1. The summed E-state index contributed by atoms with van der Waals surface area (Å²) in [7, 11) is 0. The number of hydrogen-bond acceptors (Lipinski definition) is 6. The van der Waals surface area contributed by atoms with Crippen LogP contribution in [-0.2, 0) is 9.57 Å². The monoisotopic (exact) mass is 361 g/mol. The van der Waals surface area contributed by atoms with E-state index in [1.807, 2.05) is 0 Å². The molecule has 1 aromatic rings. The number of ketones is 1. The van der Waals surface area contributed by atoms with Crippen LogP contribution in [0.2, 0.25) is 5.02 Å². The summed E-state index contributed by atoms with van der Waals surface area (Å²) in [5, 5.41) is 3.92. The molecule has 2 rings (SSSR count). The number of carbonyl (C=O) groups excluding carboxylic acids is 1. The number of carbonyl (C=O) groups is 1. The van der Waals surface area contributed by atoms with E-state index < -0.39 is 0 Å². The number of nitrogen functional groups attached to an aromatic ring is 1. The van der Waals surface area contributed by atoms with Gasteiger partial charge in [0.1, 0.15) is 16.9 Å². The molecule has 1 atom stereocenters. The predicted molar refractivity (Wildman–Crippen MR) is 79.3 cm³/mol. The van der Waals surface area contributed by atoms with Crippen LogP contribution in [0.5, 0.6) is 0 Å². The van der Waals surface area contributed by atoms with Crippen molar-refractivity contribution in [1.29, 1.82) is 0 Å². The average molecular weight is 363 g/mol. The van der Waals surface area contributed by atoms with E-state index in [4.69, 9.17) is 26.9 Å². The van der Waals surface area contributed by atoms with Gasteiger partial charge in [-0.15, -0.1) is 0 Å². The third-order valence-corrected chi connectivity index (χ3v) is 3.54. The smallest absolute Gasteiger partial charge is 0.208 e. The standard InChI is InChI=1S/C12H13BrClN3O3/c1-2-19-5-8(18)12-11(14)6(15)3-7(16-12)9-4-10(13)17-20-9/h3,9H,2,4-5H2,1H3,(H2,15,16). The number of halogens is 2. The Kier molecular flexibility index (Phi) is 4.95. The zero-order chi connectivity index (χ0) is 14.7. The maximum atomic E-state index is 12.0. The van der Waals surface area contributed by atoms with Gasteiger partial charge in [-0.25, -0.2) is 4.98 Å². The van der Waals surface area contributed by atoms with Gasteiger partial charge in [-0.1, -0.05) is 16.8 Å². The molecule has 2 heterocycles. The van der Waals surface area contributed by atoms with E-state index >= 15 is 0 Å². The van der Waals surface area contributed by atoms with Gasteiger partial charge in [0.05, 0.1) is 16.4 Å². The van der Waals surface area contributed by atoms with Crippen molar-refractivity contribution in [3.8, 4) is 0 Å². The first-order valence-electron chi connectivity index (χ1n) is 5.98. The molecule has 1 unspecified atom stereocenters. The van der Waals surface area contributed by atoms with Crippen LogP contribution in [0.15, 0.2) is 11.2 Å². The molecule has 6 nitrogen and oxygen atoms in total. The van der Waals surface area contributed by atoms with Crippen LogP contribution >= 0.6 is 27.5 Å². The number of anilines is 1. The summed E-state index contributed by atoms with van der Waals surface area (Å²) in [6.45, 7) is 2.15. The maximum absolute atomic E-state index is 12.0. The van der Waals surface area contributed by atoms with Crippen LogP contribution in [0.1, 0.15) is 35.6 Å². The summed E-state index contributed by atoms with van der Waals surface area (Å²) in [4.78, 5) is 21.4.